The maximum atomic E-state index is 12.2. The van der Waals surface area contributed by atoms with Crippen molar-refractivity contribution in [3.05, 3.63) is 23.8 Å². The molecule has 7 heteroatoms. The highest BCUT2D eigenvalue weighted by Gasteiger charge is 2.31. The molecule has 2 N–H and O–H groups in total. The highest BCUT2D eigenvalue weighted by molar-refractivity contribution is 5.91. The number of methoxy groups -OCH3 is 1. The second-order valence-electron chi connectivity index (χ2n) is 5.58. The summed E-state index contributed by atoms with van der Waals surface area (Å²) >= 11 is 0. The minimum absolute atomic E-state index is 0.0798. The minimum atomic E-state index is -0.387. The molecule has 0 aromatic heterocycles. The Morgan fingerprint density at radius 3 is 2.83 bits per heavy atom. The quantitative estimate of drug-likeness (QED) is 0.807. The molecule has 0 spiro atoms. The van der Waals surface area contributed by atoms with Crippen LogP contribution in [0.3, 0.4) is 0 Å². The van der Waals surface area contributed by atoms with E-state index in [0.717, 1.165) is 6.42 Å². The monoisotopic (exact) mass is 331 g/mol. The predicted molar refractivity (Wildman–Crippen MR) is 87.6 cm³/mol. The van der Waals surface area contributed by atoms with Crippen LogP contribution in [0.1, 0.15) is 31.7 Å². The molecule has 2 rings (SSSR count). The second kappa shape index (κ2) is 8.20. The summed E-state index contributed by atoms with van der Waals surface area (Å²) in [5.41, 5.74) is 0.872. The van der Waals surface area contributed by atoms with Crippen molar-refractivity contribution >= 4 is 17.7 Å². The molecule has 1 saturated carbocycles. The smallest absolute Gasteiger partial charge is 0.319 e. The number of nitrogens with zero attached hydrogens (tertiary/aromatic N) is 1. The Hall–Kier alpha value is -2.75. The Kier molecular flexibility index (Phi) is 6.01. The van der Waals surface area contributed by atoms with Gasteiger partial charge in [-0.15, -0.1) is 0 Å². The van der Waals surface area contributed by atoms with Crippen molar-refractivity contribution in [3.63, 3.8) is 0 Å². The maximum absolute atomic E-state index is 12.2. The number of nitrogens with one attached hydrogen (secondary N) is 2. The van der Waals surface area contributed by atoms with Crippen LogP contribution in [0, 0.1) is 17.2 Å². The van der Waals surface area contributed by atoms with Gasteiger partial charge in [0.05, 0.1) is 37.0 Å². The molecule has 128 valence electrons. The Bertz CT molecular complexity index is 654. The van der Waals surface area contributed by atoms with Crippen molar-refractivity contribution in [2.75, 3.05) is 19.0 Å². The van der Waals surface area contributed by atoms with Crippen LogP contribution in [-0.4, -0.2) is 31.8 Å². The first-order chi connectivity index (χ1) is 11.6. The van der Waals surface area contributed by atoms with E-state index in [9.17, 15) is 9.59 Å². The Balaban J connectivity index is 1.97. The van der Waals surface area contributed by atoms with E-state index in [0.29, 0.717) is 36.4 Å². The number of amides is 2. The lowest BCUT2D eigenvalue weighted by Gasteiger charge is -2.16. The predicted octanol–water partition coefficient (Wildman–Crippen LogP) is 2.42. The Labute approximate surface area is 140 Å². The fraction of sp³-hybridized carbons (Fsp3) is 0.471. The average Bonchev–Trinajstić information content (AvgIpc) is 3.04. The van der Waals surface area contributed by atoms with Gasteiger partial charge in [-0.25, -0.2) is 4.79 Å². The number of benzene rings is 1. The maximum Gasteiger partial charge on any atom is 0.319 e. The summed E-state index contributed by atoms with van der Waals surface area (Å²) in [4.78, 5) is 23.7. The van der Waals surface area contributed by atoms with Gasteiger partial charge < -0.3 is 20.1 Å². The summed E-state index contributed by atoms with van der Waals surface area (Å²) < 4.78 is 10.2. The molecule has 7 nitrogen and oxygen atoms in total. The van der Waals surface area contributed by atoms with Gasteiger partial charge in [-0.3, -0.25) is 4.79 Å². The zero-order valence-corrected chi connectivity index (χ0v) is 13.8. The molecule has 0 radical (unpaired) electrons. The van der Waals surface area contributed by atoms with Crippen LogP contribution in [0.5, 0.6) is 5.75 Å². The third kappa shape index (κ3) is 4.38. The zero-order chi connectivity index (χ0) is 17.5. The van der Waals surface area contributed by atoms with Crippen LogP contribution >= 0.6 is 0 Å². The first kappa shape index (κ1) is 17.6. The average molecular weight is 331 g/mol. The molecular weight excluding hydrogens is 310 g/mol. The molecule has 1 fully saturated rings. The van der Waals surface area contributed by atoms with Gasteiger partial charge in [-0.1, -0.05) is 0 Å². The fourth-order valence-corrected chi connectivity index (χ4v) is 2.82. The molecule has 0 bridgehead atoms. The number of carbonyl (C=O) groups is 2. The summed E-state index contributed by atoms with van der Waals surface area (Å²) in [6.07, 6.45) is 1.99. The molecular formula is C17H21N3O4. The number of hydrogen-bond donors (Lipinski definition) is 2. The van der Waals surface area contributed by atoms with Gasteiger partial charge in [0, 0.05) is 6.04 Å². The van der Waals surface area contributed by atoms with E-state index in [1.165, 1.54) is 7.11 Å². The van der Waals surface area contributed by atoms with Crippen LogP contribution in [0.2, 0.25) is 0 Å². The van der Waals surface area contributed by atoms with Gasteiger partial charge in [0.2, 0.25) is 0 Å². The molecule has 0 heterocycles. The van der Waals surface area contributed by atoms with E-state index in [4.69, 9.17) is 14.7 Å². The number of hydrogen-bond acceptors (Lipinski definition) is 5. The lowest BCUT2D eigenvalue weighted by atomic mass is 10.1. The van der Waals surface area contributed by atoms with Crippen LogP contribution in [0.15, 0.2) is 18.2 Å². The van der Waals surface area contributed by atoms with Gasteiger partial charge in [-0.2, -0.15) is 5.26 Å². The van der Waals surface area contributed by atoms with E-state index in [-0.39, 0.29) is 24.0 Å². The summed E-state index contributed by atoms with van der Waals surface area (Å²) in [5.74, 6) is 0.103. The molecule has 0 saturated heterocycles. The van der Waals surface area contributed by atoms with Crippen molar-refractivity contribution in [2.24, 2.45) is 5.92 Å². The van der Waals surface area contributed by atoms with Crippen LogP contribution in [-0.2, 0) is 9.53 Å². The number of ether oxygens (including phenoxy) is 2. The zero-order valence-electron chi connectivity index (χ0n) is 13.8. The third-order valence-corrected chi connectivity index (χ3v) is 3.96. The molecule has 1 aliphatic rings. The molecule has 1 aromatic carbocycles. The lowest BCUT2D eigenvalue weighted by Crippen LogP contribution is -2.36. The number of anilines is 1. The Morgan fingerprint density at radius 1 is 1.38 bits per heavy atom. The van der Waals surface area contributed by atoms with Crippen molar-refractivity contribution in [1.29, 1.82) is 5.26 Å². The Morgan fingerprint density at radius 2 is 2.17 bits per heavy atom. The molecule has 2 amide bonds. The van der Waals surface area contributed by atoms with Gasteiger partial charge in [-0.05, 0) is 44.4 Å². The van der Waals surface area contributed by atoms with Crippen molar-refractivity contribution < 1.29 is 19.1 Å². The molecule has 24 heavy (non-hydrogen) atoms. The van der Waals surface area contributed by atoms with Gasteiger partial charge in [0.1, 0.15) is 5.75 Å². The SMILES string of the molecule is CCOc1ccc(C#N)cc1NC(=O)N[C@@H]1CC[C@H](C(=O)OC)C1. The molecule has 0 unspecified atom stereocenters. The van der Waals surface area contributed by atoms with Crippen LogP contribution in [0.4, 0.5) is 10.5 Å². The highest BCUT2D eigenvalue weighted by atomic mass is 16.5. The van der Waals surface area contributed by atoms with Gasteiger partial charge in [0.25, 0.3) is 0 Å². The van der Waals surface area contributed by atoms with Gasteiger partial charge >= 0.3 is 12.0 Å². The summed E-state index contributed by atoms with van der Waals surface area (Å²) in [6, 6.07) is 6.41. The molecule has 1 aromatic rings. The fourth-order valence-electron chi connectivity index (χ4n) is 2.82. The van der Waals surface area contributed by atoms with E-state index < -0.39 is 0 Å². The number of carbonyl (C=O) groups excluding carboxylic acids is 2. The topological polar surface area (TPSA) is 100 Å². The van der Waals surface area contributed by atoms with E-state index in [2.05, 4.69) is 10.6 Å². The molecule has 2 atom stereocenters. The van der Waals surface area contributed by atoms with Crippen LogP contribution in [0.25, 0.3) is 0 Å². The summed E-state index contributed by atoms with van der Waals surface area (Å²) in [6.45, 7) is 2.29. The van der Waals surface area contributed by atoms with Crippen molar-refractivity contribution in [2.45, 2.75) is 32.2 Å². The highest BCUT2D eigenvalue weighted by Crippen LogP contribution is 2.28. The number of nitriles is 1. The number of urea groups is 1. The number of esters is 1. The van der Waals surface area contributed by atoms with E-state index >= 15 is 0 Å². The normalized spacial score (nSPS) is 19.2. The lowest BCUT2D eigenvalue weighted by molar-refractivity contribution is -0.145. The number of rotatable bonds is 5. The van der Waals surface area contributed by atoms with Crippen molar-refractivity contribution in [1.82, 2.24) is 5.32 Å². The standard InChI is InChI=1S/C17H21N3O4/c1-3-24-15-7-4-11(10-18)8-14(15)20-17(22)19-13-6-5-12(9-13)16(21)23-2/h4,7-8,12-13H,3,5-6,9H2,1-2H3,(H2,19,20,22)/t12-,13+/m0/s1. The molecule has 1 aliphatic carbocycles. The van der Waals surface area contributed by atoms with Crippen molar-refractivity contribution in [3.8, 4) is 11.8 Å². The second-order valence-corrected chi connectivity index (χ2v) is 5.58. The van der Waals surface area contributed by atoms with Gasteiger partial charge in [0.15, 0.2) is 0 Å². The van der Waals surface area contributed by atoms with E-state index in [1.807, 2.05) is 13.0 Å². The summed E-state index contributed by atoms with van der Waals surface area (Å²) in [7, 11) is 1.37. The first-order valence-corrected chi connectivity index (χ1v) is 7.89. The minimum Gasteiger partial charge on any atom is -0.492 e. The largest absolute Gasteiger partial charge is 0.492 e. The molecule has 0 aliphatic heterocycles. The first-order valence-electron chi connectivity index (χ1n) is 7.89. The summed E-state index contributed by atoms with van der Waals surface area (Å²) in [5, 5.41) is 14.5. The van der Waals surface area contributed by atoms with E-state index in [1.54, 1.807) is 18.2 Å². The third-order valence-electron chi connectivity index (χ3n) is 3.96. The van der Waals surface area contributed by atoms with Crippen LogP contribution < -0.4 is 15.4 Å².